The van der Waals surface area contributed by atoms with E-state index in [1.807, 2.05) is 82.7 Å². The Labute approximate surface area is 775 Å². The number of esters is 2. The van der Waals surface area contributed by atoms with Crippen LogP contribution in [0.5, 0.6) is 0 Å². The third kappa shape index (κ3) is 24.0. The zero-order valence-corrected chi connectivity index (χ0v) is 78.1. The maximum Gasteiger partial charge on any atom is 0.329 e. The number of aryl methyl sites for hydroxylation is 1. The number of cyclic esters (lactones) is 1. The molecule has 0 radical (unpaired) electrons. The number of nitrogens with zero attached hydrogens (tertiary/aromatic N) is 15. The molecule has 7 aromatic rings. The van der Waals surface area contributed by atoms with Gasteiger partial charge >= 0.3 is 11.9 Å². The minimum atomic E-state index is -2.49. The van der Waals surface area contributed by atoms with Crippen LogP contribution in [0.15, 0.2) is 120 Å². The lowest BCUT2D eigenvalue weighted by molar-refractivity contribution is -0.265. The summed E-state index contributed by atoms with van der Waals surface area (Å²) in [5, 5.41) is 29.5. The van der Waals surface area contributed by atoms with Gasteiger partial charge in [-0.1, -0.05) is 89.3 Å². The third-order valence-corrected chi connectivity index (χ3v) is 27.7. The Balaban J connectivity index is 0.499. The van der Waals surface area contributed by atoms with Crippen molar-refractivity contribution < 1.29 is 86.1 Å². The molecule has 6 N–H and O–H groups in total. The molecule has 4 saturated heterocycles. The lowest BCUT2D eigenvalue weighted by Gasteiger charge is -2.42. The summed E-state index contributed by atoms with van der Waals surface area (Å²) in [5.41, 5.74) is 21.0. The molecule has 3 amide bonds. The summed E-state index contributed by atoms with van der Waals surface area (Å²) in [4.78, 5) is 156. The monoisotopic (exact) mass is 1830 g/mol. The van der Waals surface area contributed by atoms with Crippen LogP contribution in [0.3, 0.4) is 0 Å². The maximum atomic E-state index is 14.8. The van der Waals surface area contributed by atoms with Crippen LogP contribution in [0.1, 0.15) is 171 Å². The lowest BCUT2D eigenvalue weighted by Crippen LogP contribution is -2.61. The molecule has 7 aliphatic rings. The summed E-state index contributed by atoms with van der Waals surface area (Å²) in [6, 6.07) is 10.7. The van der Waals surface area contributed by atoms with Crippen molar-refractivity contribution in [2.45, 2.75) is 219 Å². The molecule has 2 aromatic carbocycles. The van der Waals surface area contributed by atoms with Crippen LogP contribution in [0.25, 0.3) is 33.4 Å². The number of nitrogens with two attached hydrogens (primary N) is 2. The summed E-state index contributed by atoms with van der Waals surface area (Å²) in [6.07, 6.45) is 19.4. The number of Topliss-reactive ketones (excluding diaryl/α,β-unsaturated/α-hetero) is 3. The second-order valence-corrected chi connectivity index (χ2v) is 37.1. The van der Waals surface area contributed by atoms with Crippen molar-refractivity contribution in [2.24, 2.45) is 35.5 Å². The van der Waals surface area contributed by atoms with Gasteiger partial charge in [0.2, 0.25) is 23.6 Å². The molecule has 0 unspecified atom stereocenters. The molecule has 15 atom stereocenters. The highest BCUT2D eigenvalue weighted by atomic mass is 16.6. The van der Waals surface area contributed by atoms with Crippen molar-refractivity contribution >= 4 is 92.9 Å². The number of hydrogen-bond acceptors (Lipinski definition) is 31. The number of rotatable bonds is 22. The average Bonchev–Trinajstić information content (AvgIpc) is 1.71. The van der Waals surface area contributed by atoms with Crippen molar-refractivity contribution in [1.29, 1.82) is 0 Å². The molecular weight excluding hydrogens is 1700 g/mol. The van der Waals surface area contributed by atoms with Gasteiger partial charge in [-0.25, -0.2) is 39.4 Å². The molecule has 35 nitrogen and oxygen atoms in total. The van der Waals surface area contributed by atoms with Crippen molar-refractivity contribution in [3.63, 3.8) is 0 Å². The molecule has 0 spiro atoms. The van der Waals surface area contributed by atoms with Gasteiger partial charge in [0.1, 0.15) is 59.6 Å². The molecule has 133 heavy (non-hydrogen) atoms. The number of fused-ring (bicyclic) bond motifs is 6. The summed E-state index contributed by atoms with van der Waals surface area (Å²) in [6.45, 7) is 20.6. The topological polar surface area (TPSA) is 434 Å². The van der Waals surface area contributed by atoms with Crippen LogP contribution < -0.4 is 21.3 Å². The molecule has 35 heteroatoms. The molecule has 1 saturated carbocycles. The third-order valence-electron chi connectivity index (χ3n) is 27.7. The number of benzene rings is 2. The van der Waals surface area contributed by atoms with Crippen LogP contribution in [-0.2, 0) is 92.7 Å². The van der Waals surface area contributed by atoms with E-state index in [0.717, 1.165) is 46.5 Å². The van der Waals surface area contributed by atoms with E-state index in [9.17, 15) is 48.6 Å². The first-order valence-electron chi connectivity index (χ1n) is 47.0. The standard InChI is InChI=1S/C98H129N17O18/c1-59-16-12-11-13-17-60(2)79(126-8)50-73-25-19-65(7)98(125,133-73)89(121)93(123)114-31-15-14-18-75(114)94(124)131-80(51-76(116)61(3)45-64(6)87(120)88(128-10)86(119)63(5)44-59)62(4)46-66-21-26-78(81(48-66)127-9)130-83(118)28-22-68-52-101-96(102-53-68)112-39-37-110(38-40-112)82(117)30-42-129-43-41-109-33-35-111(36-34-109)97-103-54-72(55-104-97)92(122)113-32-29-69-47-67(20-23-71(69)57-113)56-115-91-84(90(99)105-58-106-91)85(108-115)70-24-27-77-74(49-70)107-95(100)132-77/h11-13,16-17,20,23-24,27,45,47,49,52-55,58-59,61-63,65-66,73,75,78-81,87-88,120,125H,14-15,18-19,21-22,25-26,28-44,46,48,50-51,56-57H2,1-10H3,(H2,100,107)(H2,99,105,106)/b13-11+,16-12+,60-17+,64-45+/t59-,61-,62-,63-,65-,66+,73+,75+,78-,79+,80+,81-,87-,88+,98-/m1/s1. The summed E-state index contributed by atoms with van der Waals surface area (Å²) in [7, 11) is 4.51. The van der Waals surface area contributed by atoms with Gasteiger partial charge in [0.05, 0.1) is 55.4 Å². The molecule has 5 aromatic heterocycles. The predicted octanol–water partition coefficient (Wildman–Crippen LogP) is 9.18. The van der Waals surface area contributed by atoms with Crippen molar-refractivity contribution in [3.05, 3.63) is 143 Å². The fraction of sp³-hybridized carbons (Fsp3) is 0.571. The van der Waals surface area contributed by atoms with Crippen LogP contribution in [0.2, 0.25) is 0 Å². The number of aliphatic hydroxyl groups is 2. The van der Waals surface area contributed by atoms with Crippen molar-refractivity contribution in [1.82, 2.24) is 64.3 Å². The Morgan fingerprint density at radius 1 is 0.714 bits per heavy atom. The molecule has 14 rings (SSSR count). The zero-order valence-electron chi connectivity index (χ0n) is 78.1. The first-order valence-corrected chi connectivity index (χ1v) is 47.0. The Morgan fingerprint density at radius 3 is 2.20 bits per heavy atom. The Kier molecular flexibility index (Phi) is 32.9. The Hall–Kier alpha value is -11.2. The number of ether oxygens (including phenoxy) is 7. The number of anilines is 4. The normalized spacial score (nSPS) is 27.8. The van der Waals surface area contributed by atoms with Crippen molar-refractivity contribution in [2.75, 3.05) is 128 Å². The van der Waals surface area contributed by atoms with Crippen molar-refractivity contribution in [3.8, 4) is 11.3 Å². The number of carbonyl (C=O) groups excluding carboxylic acids is 8. The van der Waals surface area contributed by atoms with Gasteiger partial charge in [-0.15, -0.1) is 0 Å². The first kappa shape index (κ1) is 97.8. The Bertz CT molecular complexity index is 5390. The maximum absolute atomic E-state index is 14.8. The second-order valence-electron chi connectivity index (χ2n) is 37.1. The number of hydrogen-bond donors (Lipinski definition) is 4. The van der Waals surface area contributed by atoms with E-state index in [2.05, 4.69) is 62.9 Å². The van der Waals surface area contributed by atoms with E-state index in [-0.39, 0.29) is 79.9 Å². The fourth-order valence-electron chi connectivity index (χ4n) is 19.6. The second kappa shape index (κ2) is 44.8. The quantitative estimate of drug-likeness (QED) is 0.0212. The number of amides is 3. The number of oxazole rings is 1. The summed E-state index contributed by atoms with van der Waals surface area (Å²) >= 11 is 0. The molecule has 6 aliphatic heterocycles. The minimum Gasteiger partial charge on any atom is -0.460 e. The van der Waals surface area contributed by atoms with E-state index < -0.39 is 102 Å². The summed E-state index contributed by atoms with van der Waals surface area (Å²) < 4.78 is 49.7. The van der Waals surface area contributed by atoms with E-state index in [4.69, 9.17) is 54.1 Å². The summed E-state index contributed by atoms with van der Waals surface area (Å²) in [5.74, 6) is -7.80. The zero-order chi connectivity index (χ0) is 94.3. The van der Waals surface area contributed by atoms with Gasteiger partial charge in [0, 0.05) is 167 Å². The molecular formula is C98H129N17O18. The first-order chi connectivity index (χ1) is 64.0. The highest BCUT2D eigenvalue weighted by Crippen LogP contribution is 2.40. The number of aromatic nitrogens is 9. The number of methoxy groups -OCH3 is 3. The number of ketones is 3. The molecule has 5 fully saturated rings. The highest BCUT2D eigenvalue weighted by Gasteiger charge is 2.53. The van der Waals surface area contributed by atoms with E-state index in [1.54, 1.807) is 78.8 Å². The molecule has 1 aliphatic carbocycles. The van der Waals surface area contributed by atoms with Crippen LogP contribution in [0.4, 0.5) is 23.7 Å². The van der Waals surface area contributed by atoms with E-state index >= 15 is 0 Å². The van der Waals surface area contributed by atoms with Gasteiger partial charge in [-0.05, 0) is 160 Å². The van der Waals surface area contributed by atoms with Gasteiger partial charge in [0.15, 0.2) is 17.0 Å². The number of carbonyl (C=O) groups is 8. The van der Waals surface area contributed by atoms with Gasteiger partial charge in [0.25, 0.3) is 23.6 Å². The average molecular weight is 1830 g/mol. The molecule has 714 valence electrons. The van der Waals surface area contributed by atoms with Crippen LogP contribution in [-0.4, -0.2) is 283 Å². The van der Waals surface area contributed by atoms with Gasteiger partial charge < -0.3 is 83.8 Å². The number of nitrogen functional groups attached to an aromatic ring is 2. The van der Waals surface area contributed by atoms with E-state index in [1.165, 1.54) is 18.3 Å². The van der Waals surface area contributed by atoms with Crippen LogP contribution >= 0.6 is 0 Å². The highest BCUT2D eigenvalue weighted by molar-refractivity contribution is 6.39. The van der Waals surface area contributed by atoms with Gasteiger partial charge in [-0.2, -0.15) is 10.1 Å². The SMILES string of the molecule is CO[C@H]1C[C@@H]2CC[C@@H](C)[C@@](O)(O2)C(=O)C(=O)N2CCCC[C@H]2C(=O)O[C@H]([C@H](C)C[C@@H]2CC[C@@H](OC(=O)CCc3cnc(N4CCN(C(=O)CCOCCN5CCN(c6ncc(C(=O)N7CCc8cc(Cn9nc(-c%10ccc%11oc(N)nc%11c%10)c%10c(N)ncnc%109)ccc8C7)cn6)CC5)CC4)nc3)[C@H](OC)C2)CC(=O)[C@H](C)/C=C(\C)[C@@H](O)[C@@H](OC)C(=O)[C@H](C)C[C@H](C)/C=C/C=C/C=C/1C. The minimum absolute atomic E-state index is 0.0200. The number of allylic oxidation sites excluding steroid dienone is 6. The number of piperidine rings is 1. The van der Waals surface area contributed by atoms with Crippen LogP contribution in [0, 0.1) is 35.5 Å². The smallest absolute Gasteiger partial charge is 0.329 e. The molecule has 2 bridgehead atoms. The molecule has 11 heterocycles. The fourth-order valence-corrected chi connectivity index (χ4v) is 19.6. The number of aliphatic hydroxyl groups excluding tert-OH is 1. The Morgan fingerprint density at radius 2 is 1.46 bits per heavy atom. The van der Waals surface area contributed by atoms with E-state index in [0.29, 0.717) is 206 Å². The lowest BCUT2D eigenvalue weighted by atomic mass is 9.78. The number of piperazine rings is 2. The largest absolute Gasteiger partial charge is 0.460 e. The predicted molar refractivity (Wildman–Crippen MR) is 495 cm³/mol. The van der Waals surface area contributed by atoms with Gasteiger partial charge in [-0.3, -0.25) is 38.5 Å².